The molecule has 0 fully saturated rings. The molecule has 3 aromatic rings. The van der Waals surface area contributed by atoms with E-state index >= 15 is 0 Å². The standard InChI is InChI=1S/C12H10N4O/c13-11-9-6-3-1-2-4-8(6)16-10(9)7(5-15-11)12(14)17/h1-5,16H,(H2,13,15)(H2,14,17)/p+1. The average molecular weight is 227 g/mol. The molecule has 0 saturated heterocycles. The van der Waals surface area contributed by atoms with E-state index in [0.717, 1.165) is 16.3 Å². The number of nitrogens with one attached hydrogen (secondary N) is 2. The van der Waals surface area contributed by atoms with Crippen LogP contribution in [0.4, 0.5) is 5.82 Å². The summed E-state index contributed by atoms with van der Waals surface area (Å²) in [6.45, 7) is 0. The minimum Gasteiger partial charge on any atom is -0.365 e. The van der Waals surface area contributed by atoms with Crippen molar-refractivity contribution in [1.29, 1.82) is 0 Å². The van der Waals surface area contributed by atoms with Gasteiger partial charge in [-0.25, -0.2) is 4.98 Å². The molecule has 3 rings (SSSR count). The molecular weight excluding hydrogens is 216 g/mol. The van der Waals surface area contributed by atoms with E-state index in [1.165, 1.54) is 6.20 Å². The average Bonchev–Trinajstić information content (AvgIpc) is 2.68. The van der Waals surface area contributed by atoms with Gasteiger partial charge in [-0.1, -0.05) is 18.2 Å². The van der Waals surface area contributed by atoms with Gasteiger partial charge < -0.3 is 10.7 Å². The van der Waals surface area contributed by atoms with Crippen LogP contribution in [0.25, 0.3) is 21.8 Å². The van der Waals surface area contributed by atoms with Crippen LogP contribution in [0.5, 0.6) is 0 Å². The molecule has 17 heavy (non-hydrogen) atoms. The van der Waals surface area contributed by atoms with Crippen LogP contribution in [0.15, 0.2) is 30.5 Å². The molecule has 0 aliphatic carbocycles. The molecule has 0 spiro atoms. The van der Waals surface area contributed by atoms with E-state index in [2.05, 4.69) is 9.97 Å². The maximum absolute atomic E-state index is 11.3. The first-order valence-corrected chi connectivity index (χ1v) is 5.19. The second kappa shape index (κ2) is 3.21. The zero-order chi connectivity index (χ0) is 12.0. The fourth-order valence-electron chi connectivity index (χ4n) is 2.11. The molecule has 2 aromatic heterocycles. The van der Waals surface area contributed by atoms with Gasteiger partial charge in [-0.05, 0) is 6.07 Å². The van der Waals surface area contributed by atoms with Crippen molar-refractivity contribution in [3.05, 3.63) is 36.0 Å². The minimum atomic E-state index is -0.488. The van der Waals surface area contributed by atoms with Crippen LogP contribution >= 0.6 is 0 Å². The summed E-state index contributed by atoms with van der Waals surface area (Å²) in [4.78, 5) is 17.4. The van der Waals surface area contributed by atoms with Crippen LogP contribution in [-0.4, -0.2) is 10.9 Å². The van der Waals surface area contributed by atoms with E-state index in [9.17, 15) is 4.79 Å². The number of fused-ring (bicyclic) bond motifs is 3. The lowest BCUT2D eigenvalue weighted by atomic mass is 10.1. The first-order valence-electron chi connectivity index (χ1n) is 5.19. The first-order chi connectivity index (χ1) is 8.18. The van der Waals surface area contributed by atoms with Gasteiger partial charge in [-0.2, -0.15) is 0 Å². The highest BCUT2D eigenvalue weighted by Gasteiger charge is 2.17. The fourth-order valence-corrected chi connectivity index (χ4v) is 2.11. The highest BCUT2D eigenvalue weighted by molar-refractivity contribution is 6.17. The number of rotatable bonds is 1. The Hall–Kier alpha value is -2.56. The maximum atomic E-state index is 11.3. The lowest BCUT2D eigenvalue weighted by Gasteiger charge is -1.96. The number of hydrogen-bond acceptors (Lipinski definition) is 2. The molecule has 5 heteroatoms. The Kier molecular flexibility index (Phi) is 1.82. The van der Waals surface area contributed by atoms with Gasteiger partial charge in [0.25, 0.3) is 11.7 Å². The predicted molar refractivity (Wildman–Crippen MR) is 65.3 cm³/mol. The molecule has 0 atom stereocenters. The molecule has 0 bridgehead atoms. The number of nitrogens with two attached hydrogens (primary N) is 2. The Labute approximate surface area is 96.4 Å². The smallest absolute Gasteiger partial charge is 0.280 e. The molecule has 84 valence electrons. The van der Waals surface area contributed by atoms with Crippen LogP contribution in [0, 0.1) is 0 Å². The van der Waals surface area contributed by atoms with Crippen molar-refractivity contribution in [3.8, 4) is 0 Å². The zero-order valence-corrected chi connectivity index (χ0v) is 8.95. The fraction of sp³-hybridized carbons (Fsp3) is 0. The van der Waals surface area contributed by atoms with Crippen LogP contribution < -0.4 is 16.5 Å². The number of carbonyl (C=O) groups is 1. The number of nitrogen functional groups attached to an aromatic ring is 1. The van der Waals surface area contributed by atoms with Crippen LogP contribution in [0.2, 0.25) is 0 Å². The second-order valence-electron chi connectivity index (χ2n) is 3.90. The van der Waals surface area contributed by atoms with Gasteiger partial charge in [0.1, 0.15) is 11.8 Å². The lowest BCUT2D eigenvalue weighted by Crippen LogP contribution is -2.18. The molecule has 1 aromatic carbocycles. The van der Waals surface area contributed by atoms with Gasteiger partial charge in [0, 0.05) is 10.9 Å². The summed E-state index contributed by atoms with van der Waals surface area (Å²) in [6, 6.07) is 7.72. The number of amides is 1. The van der Waals surface area contributed by atoms with E-state index in [1.807, 2.05) is 24.3 Å². The Bertz CT molecular complexity index is 745. The Morgan fingerprint density at radius 1 is 1.29 bits per heavy atom. The zero-order valence-electron chi connectivity index (χ0n) is 8.95. The third-order valence-corrected chi connectivity index (χ3v) is 2.88. The first kappa shape index (κ1) is 9.65. The Morgan fingerprint density at radius 3 is 2.82 bits per heavy atom. The molecule has 2 heterocycles. The van der Waals surface area contributed by atoms with E-state index in [1.54, 1.807) is 0 Å². The number of pyridine rings is 1. The molecule has 0 unspecified atom stereocenters. The predicted octanol–water partition coefficient (Wildman–Crippen LogP) is 0.816. The number of anilines is 1. The second-order valence-corrected chi connectivity index (χ2v) is 3.90. The summed E-state index contributed by atoms with van der Waals surface area (Å²) in [5.74, 6) is 0.0280. The highest BCUT2D eigenvalue weighted by atomic mass is 16.1. The number of benzene rings is 1. The van der Waals surface area contributed by atoms with Gasteiger partial charge in [0.15, 0.2) is 0 Å². The Balaban J connectivity index is 2.58. The minimum absolute atomic E-state index is 0.408. The van der Waals surface area contributed by atoms with Crippen LogP contribution in [0.1, 0.15) is 10.4 Å². The molecule has 0 saturated carbocycles. The number of hydrogen-bond donors (Lipinski definition) is 3. The van der Waals surface area contributed by atoms with E-state index in [0.29, 0.717) is 16.9 Å². The summed E-state index contributed by atoms with van der Waals surface area (Å²) in [5.41, 5.74) is 13.3. The summed E-state index contributed by atoms with van der Waals surface area (Å²) < 4.78 is 0. The van der Waals surface area contributed by atoms with Crippen LogP contribution in [-0.2, 0) is 0 Å². The maximum Gasteiger partial charge on any atom is 0.280 e. The van der Waals surface area contributed by atoms with Crippen molar-refractivity contribution in [3.63, 3.8) is 0 Å². The third-order valence-electron chi connectivity index (χ3n) is 2.88. The molecule has 0 aliphatic rings. The molecule has 5 nitrogen and oxygen atoms in total. The summed E-state index contributed by atoms with van der Waals surface area (Å²) in [6.07, 6.45) is 1.52. The normalized spacial score (nSPS) is 11.1. The van der Waals surface area contributed by atoms with Crippen molar-refractivity contribution < 1.29 is 9.78 Å². The van der Waals surface area contributed by atoms with Crippen molar-refractivity contribution >= 4 is 33.5 Å². The summed E-state index contributed by atoms with van der Waals surface area (Å²) in [5, 5.41) is 1.77. The van der Waals surface area contributed by atoms with Gasteiger partial charge in [-0.3, -0.25) is 10.5 Å². The highest BCUT2D eigenvalue weighted by Crippen LogP contribution is 2.29. The molecular formula is C12H11N4O+. The summed E-state index contributed by atoms with van der Waals surface area (Å²) >= 11 is 0. The number of aromatic nitrogens is 2. The van der Waals surface area contributed by atoms with Crippen LogP contribution in [0.3, 0.4) is 0 Å². The Morgan fingerprint density at radius 2 is 2.06 bits per heavy atom. The quantitative estimate of drug-likeness (QED) is 0.573. The van der Waals surface area contributed by atoms with Gasteiger partial charge >= 0.3 is 0 Å². The number of para-hydroxylation sites is 1. The monoisotopic (exact) mass is 227 g/mol. The molecule has 1 amide bonds. The summed E-state index contributed by atoms with van der Waals surface area (Å²) in [7, 11) is 0. The SMILES string of the molecule is NC(=O)c1c[nH+]c(N)c2c1[nH]c1ccccc12. The third kappa shape index (κ3) is 1.25. The molecule has 6 N–H and O–H groups in total. The van der Waals surface area contributed by atoms with Crippen molar-refractivity contribution in [2.24, 2.45) is 5.73 Å². The van der Waals surface area contributed by atoms with E-state index in [-0.39, 0.29) is 0 Å². The van der Waals surface area contributed by atoms with E-state index < -0.39 is 5.91 Å². The topological polar surface area (TPSA) is 99.0 Å². The van der Waals surface area contributed by atoms with Gasteiger partial charge in [0.2, 0.25) is 0 Å². The van der Waals surface area contributed by atoms with Crippen molar-refractivity contribution in [2.75, 3.05) is 5.73 Å². The number of carbonyl (C=O) groups excluding carboxylic acids is 1. The largest absolute Gasteiger partial charge is 0.365 e. The molecule has 0 aliphatic heterocycles. The van der Waals surface area contributed by atoms with Gasteiger partial charge in [-0.15, -0.1) is 0 Å². The number of H-pyrrole nitrogens is 2. The number of primary amides is 1. The van der Waals surface area contributed by atoms with Crippen molar-refractivity contribution in [1.82, 2.24) is 4.98 Å². The van der Waals surface area contributed by atoms with Gasteiger partial charge in [0.05, 0.1) is 10.9 Å². The van der Waals surface area contributed by atoms with E-state index in [4.69, 9.17) is 11.5 Å². The lowest BCUT2D eigenvalue weighted by molar-refractivity contribution is -0.358. The van der Waals surface area contributed by atoms with Crippen molar-refractivity contribution in [2.45, 2.75) is 0 Å². The number of aromatic amines is 2. The molecule has 0 radical (unpaired) electrons.